The van der Waals surface area contributed by atoms with Gasteiger partial charge >= 0.3 is 0 Å². The molecule has 1 fully saturated rings. The average molecular weight is 434 g/mol. The summed E-state index contributed by atoms with van der Waals surface area (Å²) in [7, 11) is 0. The minimum absolute atomic E-state index is 0.142. The summed E-state index contributed by atoms with van der Waals surface area (Å²) in [6, 6.07) is 12.8. The lowest BCUT2D eigenvalue weighted by Crippen LogP contribution is -2.36. The number of carbonyl (C=O) groups is 2. The van der Waals surface area contributed by atoms with Gasteiger partial charge < -0.3 is 5.32 Å². The fourth-order valence-electron chi connectivity index (χ4n) is 2.15. The van der Waals surface area contributed by atoms with Crippen molar-refractivity contribution in [3.63, 3.8) is 0 Å². The Labute approximate surface area is 162 Å². The van der Waals surface area contributed by atoms with Gasteiger partial charge in [-0.25, -0.2) is 4.98 Å². The quantitative estimate of drug-likeness (QED) is 0.588. The lowest BCUT2D eigenvalue weighted by Gasteiger charge is -2.13. The van der Waals surface area contributed by atoms with E-state index in [0.29, 0.717) is 15.0 Å². The number of rotatable bonds is 4. The number of aromatic nitrogens is 1. The number of halogens is 1. The van der Waals surface area contributed by atoms with E-state index >= 15 is 0 Å². The van der Waals surface area contributed by atoms with E-state index in [9.17, 15) is 9.59 Å². The highest BCUT2D eigenvalue weighted by molar-refractivity contribution is 9.10. The summed E-state index contributed by atoms with van der Waals surface area (Å²) < 4.78 is 1.29. The van der Waals surface area contributed by atoms with E-state index in [4.69, 9.17) is 12.2 Å². The first-order chi connectivity index (χ1) is 12.0. The predicted octanol–water partition coefficient (Wildman–Crippen LogP) is 3.68. The summed E-state index contributed by atoms with van der Waals surface area (Å²) in [5.74, 6) is -0.188. The Morgan fingerprint density at radius 1 is 1.32 bits per heavy atom. The largest absolute Gasteiger partial charge is 0.309 e. The van der Waals surface area contributed by atoms with Crippen molar-refractivity contribution in [1.29, 1.82) is 0 Å². The van der Waals surface area contributed by atoms with Gasteiger partial charge in [0.2, 0.25) is 5.91 Å². The molecule has 1 aromatic heterocycles. The third-order valence-corrected chi connectivity index (χ3v) is 5.13. The third-order valence-electron chi connectivity index (χ3n) is 3.25. The van der Waals surface area contributed by atoms with Crippen LogP contribution in [0.2, 0.25) is 0 Å². The summed E-state index contributed by atoms with van der Waals surface area (Å²) in [5, 5.41) is 2.64. The molecule has 0 aliphatic carbocycles. The van der Waals surface area contributed by atoms with E-state index in [0.717, 1.165) is 10.0 Å². The highest BCUT2D eigenvalue weighted by Gasteiger charge is 2.33. The number of thioether (sulfide) groups is 1. The monoisotopic (exact) mass is 433 g/mol. The molecule has 0 saturated carbocycles. The maximum atomic E-state index is 12.5. The van der Waals surface area contributed by atoms with Crippen molar-refractivity contribution in [2.75, 3.05) is 11.9 Å². The SMILES string of the molecule is O=C(CN1C(=O)C(=Cc2cccc(Br)c2)SC1=S)Nc1ccccn1. The van der Waals surface area contributed by atoms with E-state index in [1.807, 2.05) is 24.3 Å². The number of benzene rings is 1. The standard InChI is InChI=1S/C17H12BrN3O2S2/c18-12-5-3-4-11(8-12)9-13-16(23)21(17(24)25-13)10-15(22)20-14-6-1-2-7-19-14/h1-9H,10H2,(H,19,20,22). The maximum Gasteiger partial charge on any atom is 0.266 e. The van der Waals surface area contributed by atoms with Crippen LogP contribution in [0, 0.1) is 0 Å². The molecule has 1 aliphatic rings. The number of hydrogen-bond acceptors (Lipinski definition) is 5. The Hall–Kier alpha value is -2.03. The highest BCUT2D eigenvalue weighted by atomic mass is 79.9. The Morgan fingerprint density at radius 3 is 2.88 bits per heavy atom. The molecular weight excluding hydrogens is 422 g/mol. The number of anilines is 1. The molecule has 0 atom stereocenters. The predicted molar refractivity (Wildman–Crippen MR) is 107 cm³/mol. The summed E-state index contributed by atoms with van der Waals surface area (Å²) in [4.78, 5) is 30.5. The molecule has 0 unspecified atom stereocenters. The highest BCUT2D eigenvalue weighted by Crippen LogP contribution is 2.32. The van der Waals surface area contributed by atoms with Crippen LogP contribution < -0.4 is 5.32 Å². The fourth-order valence-corrected chi connectivity index (χ4v) is 3.82. The number of carbonyl (C=O) groups excluding carboxylic acids is 2. The Balaban J connectivity index is 1.70. The van der Waals surface area contributed by atoms with Crippen LogP contribution >= 0.6 is 39.9 Å². The summed E-state index contributed by atoms with van der Waals surface area (Å²) in [5.41, 5.74) is 0.882. The van der Waals surface area contributed by atoms with Crippen molar-refractivity contribution < 1.29 is 9.59 Å². The maximum absolute atomic E-state index is 12.5. The summed E-state index contributed by atoms with van der Waals surface area (Å²) >= 11 is 9.83. The zero-order valence-electron chi connectivity index (χ0n) is 12.8. The molecule has 2 heterocycles. The first-order valence-corrected chi connectivity index (χ1v) is 9.26. The second-order valence-electron chi connectivity index (χ2n) is 5.09. The number of thiocarbonyl (C=S) groups is 1. The van der Waals surface area contributed by atoms with Crippen molar-refractivity contribution >= 4 is 67.9 Å². The van der Waals surface area contributed by atoms with E-state index < -0.39 is 0 Å². The van der Waals surface area contributed by atoms with Gasteiger partial charge in [0.15, 0.2) is 0 Å². The summed E-state index contributed by atoms with van der Waals surface area (Å²) in [6.45, 7) is -0.142. The molecule has 1 saturated heterocycles. The van der Waals surface area contributed by atoms with Crippen molar-refractivity contribution in [1.82, 2.24) is 9.88 Å². The topological polar surface area (TPSA) is 62.3 Å². The van der Waals surface area contributed by atoms with Crippen molar-refractivity contribution in [3.8, 4) is 0 Å². The molecule has 3 rings (SSSR count). The van der Waals surface area contributed by atoms with Crippen molar-refractivity contribution in [2.24, 2.45) is 0 Å². The van der Waals surface area contributed by atoms with Crippen LogP contribution in [0.5, 0.6) is 0 Å². The van der Waals surface area contributed by atoms with Gasteiger partial charge in [-0.1, -0.05) is 58.1 Å². The zero-order valence-corrected chi connectivity index (χ0v) is 16.0. The smallest absolute Gasteiger partial charge is 0.266 e. The minimum atomic E-state index is -0.348. The molecule has 0 bridgehead atoms. The lowest BCUT2D eigenvalue weighted by atomic mass is 10.2. The van der Waals surface area contributed by atoms with Crippen molar-refractivity contribution in [3.05, 3.63) is 63.6 Å². The van der Waals surface area contributed by atoms with Crippen LogP contribution in [-0.2, 0) is 9.59 Å². The van der Waals surface area contributed by atoms with Crippen LogP contribution in [0.3, 0.4) is 0 Å². The van der Waals surface area contributed by atoms with Gasteiger partial charge in [-0.3, -0.25) is 14.5 Å². The normalized spacial score (nSPS) is 15.7. The van der Waals surface area contributed by atoms with Gasteiger partial charge in [0.25, 0.3) is 5.91 Å². The van der Waals surface area contributed by atoms with Gasteiger partial charge in [-0.05, 0) is 35.9 Å². The molecule has 1 aromatic carbocycles. The molecule has 8 heteroatoms. The van der Waals surface area contributed by atoms with Crippen LogP contribution in [0.15, 0.2) is 58.0 Å². The van der Waals surface area contributed by atoms with Crippen LogP contribution in [0.4, 0.5) is 5.82 Å². The molecule has 2 amide bonds. The Kier molecular flexibility index (Phi) is 5.62. The molecule has 2 aromatic rings. The molecule has 126 valence electrons. The average Bonchev–Trinajstić information content (AvgIpc) is 2.83. The molecule has 1 N–H and O–H groups in total. The number of hydrogen-bond donors (Lipinski definition) is 1. The number of pyridine rings is 1. The Bertz CT molecular complexity index is 871. The molecule has 0 radical (unpaired) electrons. The van der Waals surface area contributed by atoms with Crippen LogP contribution in [0.25, 0.3) is 6.08 Å². The van der Waals surface area contributed by atoms with E-state index in [-0.39, 0.29) is 18.4 Å². The summed E-state index contributed by atoms with van der Waals surface area (Å²) in [6.07, 6.45) is 3.34. The van der Waals surface area contributed by atoms with E-state index in [1.165, 1.54) is 16.7 Å². The second kappa shape index (κ2) is 7.90. The van der Waals surface area contributed by atoms with Crippen molar-refractivity contribution in [2.45, 2.75) is 0 Å². The van der Waals surface area contributed by atoms with E-state index in [2.05, 4.69) is 26.2 Å². The van der Waals surface area contributed by atoms with Gasteiger partial charge in [-0.2, -0.15) is 0 Å². The van der Waals surface area contributed by atoms with Crippen LogP contribution in [0.1, 0.15) is 5.56 Å². The van der Waals surface area contributed by atoms with E-state index in [1.54, 1.807) is 30.5 Å². The van der Waals surface area contributed by atoms with Gasteiger partial charge in [0.05, 0.1) is 4.91 Å². The fraction of sp³-hybridized carbons (Fsp3) is 0.0588. The third kappa shape index (κ3) is 4.53. The minimum Gasteiger partial charge on any atom is -0.309 e. The molecular formula is C17H12BrN3O2S2. The second-order valence-corrected chi connectivity index (χ2v) is 7.68. The number of nitrogens with zero attached hydrogens (tertiary/aromatic N) is 2. The zero-order chi connectivity index (χ0) is 17.8. The number of amides is 2. The van der Waals surface area contributed by atoms with Gasteiger partial charge in [0, 0.05) is 10.7 Å². The van der Waals surface area contributed by atoms with Crippen LogP contribution in [-0.4, -0.2) is 32.6 Å². The van der Waals surface area contributed by atoms with Gasteiger partial charge in [0.1, 0.15) is 16.7 Å². The Morgan fingerprint density at radius 2 is 2.16 bits per heavy atom. The first kappa shape index (κ1) is 17.8. The lowest BCUT2D eigenvalue weighted by molar-refractivity contribution is -0.126. The van der Waals surface area contributed by atoms with Gasteiger partial charge in [-0.15, -0.1) is 0 Å². The molecule has 5 nitrogen and oxygen atoms in total. The molecule has 25 heavy (non-hydrogen) atoms. The first-order valence-electron chi connectivity index (χ1n) is 7.25. The molecule has 0 spiro atoms. The molecule has 1 aliphatic heterocycles. The number of nitrogens with one attached hydrogen (secondary N) is 1.